The number of rotatable bonds is 2. The van der Waals surface area contributed by atoms with Gasteiger partial charge in [0, 0.05) is 24.4 Å². The monoisotopic (exact) mass is 314 g/mol. The van der Waals surface area contributed by atoms with Crippen molar-refractivity contribution in [2.45, 2.75) is 51.4 Å². The highest BCUT2D eigenvalue weighted by Crippen LogP contribution is 2.40. The molecule has 0 aromatic carbocycles. The van der Waals surface area contributed by atoms with E-state index in [2.05, 4.69) is 0 Å². The second kappa shape index (κ2) is 5.62. The number of carbonyl (C=O) groups excluding carboxylic acids is 2. The average molecular weight is 314 g/mol. The molecule has 5 heteroatoms. The van der Waals surface area contributed by atoms with Gasteiger partial charge in [-0.05, 0) is 56.1 Å². The molecule has 1 unspecified atom stereocenters. The maximum absolute atomic E-state index is 12.6. The summed E-state index contributed by atoms with van der Waals surface area (Å²) in [4.78, 5) is 31.2. The van der Waals surface area contributed by atoms with Crippen LogP contribution in [0.15, 0.2) is 0 Å². The normalized spacial score (nSPS) is 22.9. The summed E-state index contributed by atoms with van der Waals surface area (Å²) in [5.74, 6) is -0.564. The number of amides is 1. The zero-order chi connectivity index (χ0) is 16.0. The van der Waals surface area contributed by atoms with Crippen LogP contribution in [0.4, 0.5) is 5.69 Å². The Kier molecular flexibility index (Phi) is 3.58. The highest BCUT2D eigenvalue weighted by molar-refractivity contribution is 6.01. The van der Waals surface area contributed by atoms with E-state index in [-0.39, 0.29) is 24.2 Å². The lowest BCUT2D eigenvalue weighted by Gasteiger charge is -2.27. The van der Waals surface area contributed by atoms with E-state index in [4.69, 9.17) is 9.72 Å². The fourth-order valence-electron chi connectivity index (χ4n) is 4.29. The molecule has 3 aliphatic rings. The molecular formula is C18H22N2O3. The van der Waals surface area contributed by atoms with Gasteiger partial charge in [-0.25, -0.2) is 0 Å². The molecule has 2 aliphatic carbocycles. The molecule has 1 fully saturated rings. The molecule has 0 bridgehead atoms. The molecule has 1 aromatic heterocycles. The van der Waals surface area contributed by atoms with E-state index in [0.717, 1.165) is 44.2 Å². The van der Waals surface area contributed by atoms with Gasteiger partial charge in [0.05, 0.1) is 18.7 Å². The fraction of sp³-hybridized carbons (Fsp3) is 0.611. The summed E-state index contributed by atoms with van der Waals surface area (Å²) in [7, 11) is 1.39. The quantitative estimate of drug-likeness (QED) is 0.783. The van der Waals surface area contributed by atoms with Gasteiger partial charge in [-0.2, -0.15) is 0 Å². The van der Waals surface area contributed by atoms with Gasteiger partial charge in [-0.15, -0.1) is 0 Å². The maximum Gasteiger partial charge on any atom is 0.311 e. The molecule has 1 aromatic rings. The predicted molar refractivity (Wildman–Crippen MR) is 85.4 cm³/mol. The number of aromatic nitrogens is 1. The summed E-state index contributed by atoms with van der Waals surface area (Å²) in [6, 6.07) is 0. The van der Waals surface area contributed by atoms with Gasteiger partial charge in [0.15, 0.2) is 0 Å². The Hall–Kier alpha value is -1.91. The van der Waals surface area contributed by atoms with Crippen LogP contribution in [0.5, 0.6) is 0 Å². The summed E-state index contributed by atoms with van der Waals surface area (Å²) < 4.78 is 4.84. The van der Waals surface area contributed by atoms with Gasteiger partial charge in [0.2, 0.25) is 5.91 Å². The van der Waals surface area contributed by atoms with Crippen LogP contribution in [-0.4, -0.2) is 30.5 Å². The summed E-state index contributed by atoms with van der Waals surface area (Å²) in [6.45, 7) is 0.453. The van der Waals surface area contributed by atoms with E-state index in [1.54, 1.807) is 0 Å². The Bertz CT molecular complexity index is 683. The van der Waals surface area contributed by atoms with Crippen molar-refractivity contribution in [3.8, 4) is 0 Å². The zero-order valence-electron chi connectivity index (χ0n) is 13.6. The van der Waals surface area contributed by atoms with E-state index in [9.17, 15) is 9.59 Å². The largest absolute Gasteiger partial charge is 0.469 e. The van der Waals surface area contributed by atoms with Crippen molar-refractivity contribution < 1.29 is 14.3 Å². The Morgan fingerprint density at radius 1 is 1.09 bits per heavy atom. The van der Waals surface area contributed by atoms with E-state index in [1.807, 2.05) is 4.90 Å². The first-order valence-corrected chi connectivity index (χ1v) is 8.60. The van der Waals surface area contributed by atoms with Gasteiger partial charge in [0.25, 0.3) is 0 Å². The first-order valence-electron chi connectivity index (χ1n) is 8.60. The lowest BCUT2D eigenvalue weighted by molar-refractivity contribution is -0.145. The van der Waals surface area contributed by atoms with Crippen molar-refractivity contribution in [2.75, 3.05) is 18.6 Å². The zero-order valence-corrected chi connectivity index (χ0v) is 13.6. The van der Waals surface area contributed by atoms with Gasteiger partial charge in [-0.1, -0.05) is 0 Å². The average Bonchev–Trinajstić information content (AvgIpc) is 3.18. The van der Waals surface area contributed by atoms with Crippen LogP contribution in [-0.2, 0) is 40.0 Å². The predicted octanol–water partition coefficient (Wildman–Crippen LogP) is 1.97. The van der Waals surface area contributed by atoms with E-state index in [0.29, 0.717) is 6.54 Å². The number of anilines is 1. The standard InChI is InChI=1S/C18H22N2O3/c1-23-18(22)11-9-16(21)20(10-11)17-12-5-2-3-7-14(12)19-15-8-4-6-13(15)17/h11H,2-10H2,1H3. The molecule has 0 spiro atoms. The molecule has 0 saturated carbocycles. The van der Waals surface area contributed by atoms with Crippen LogP contribution < -0.4 is 4.90 Å². The smallest absolute Gasteiger partial charge is 0.311 e. The molecule has 23 heavy (non-hydrogen) atoms. The van der Waals surface area contributed by atoms with Gasteiger partial charge >= 0.3 is 5.97 Å². The molecule has 1 atom stereocenters. The van der Waals surface area contributed by atoms with Crippen LogP contribution in [0, 0.1) is 5.92 Å². The van der Waals surface area contributed by atoms with Crippen LogP contribution in [0.25, 0.3) is 0 Å². The van der Waals surface area contributed by atoms with Crippen molar-refractivity contribution in [3.05, 3.63) is 22.5 Å². The van der Waals surface area contributed by atoms with Gasteiger partial charge < -0.3 is 9.64 Å². The summed E-state index contributed by atoms with van der Waals surface area (Å²) in [5, 5.41) is 0. The molecule has 1 aliphatic heterocycles. The lowest BCUT2D eigenvalue weighted by atomic mass is 9.91. The van der Waals surface area contributed by atoms with Crippen LogP contribution >= 0.6 is 0 Å². The maximum atomic E-state index is 12.6. The van der Waals surface area contributed by atoms with E-state index >= 15 is 0 Å². The molecular weight excluding hydrogens is 292 g/mol. The summed E-state index contributed by atoms with van der Waals surface area (Å²) >= 11 is 0. The second-order valence-corrected chi connectivity index (χ2v) is 6.80. The Labute approximate surface area is 136 Å². The molecule has 2 heterocycles. The Balaban J connectivity index is 1.78. The third kappa shape index (κ3) is 2.33. The van der Waals surface area contributed by atoms with Crippen molar-refractivity contribution in [1.82, 2.24) is 4.98 Å². The van der Waals surface area contributed by atoms with Crippen LogP contribution in [0.2, 0.25) is 0 Å². The molecule has 122 valence electrons. The highest BCUT2D eigenvalue weighted by atomic mass is 16.5. The number of nitrogens with zero attached hydrogens (tertiary/aromatic N) is 2. The van der Waals surface area contributed by atoms with E-state index in [1.165, 1.54) is 36.0 Å². The topological polar surface area (TPSA) is 59.5 Å². The first-order chi connectivity index (χ1) is 11.2. The van der Waals surface area contributed by atoms with Gasteiger partial charge in [0.1, 0.15) is 0 Å². The Morgan fingerprint density at radius 2 is 1.74 bits per heavy atom. The number of pyridine rings is 1. The van der Waals surface area contributed by atoms with Crippen molar-refractivity contribution in [3.63, 3.8) is 0 Å². The third-order valence-electron chi connectivity index (χ3n) is 5.40. The van der Waals surface area contributed by atoms with Crippen molar-refractivity contribution in [2.24, 2.45) is 5.92 Å². The fourth-order valence-corrected chi connectivity index (χ4v) is 4.29. The molecule has 0 N–H and O–H groups in total. The molecule has 0 radical (unpaired) electrons. The number of aryl methyl sites for hydroxylation is 2. The number of hydrogen-bond acceptors (Lipinski definition) is 4. The number of methoxy groups -OCH3 is 1. The minimum Gasteiger partial charge on any atom is -0.469 e. The Morgan fingerprint density at radius 3 is 2.48 bits per heavy atom. The highest BCUT2D eigenvalue weighted by Gasteiger charge is 2.39. The lowest BCUT2D eigenvalue weighted by Crippen LogP contribution is -2.29. The number of hydrogen-bond donors (Lipinski definition) is 0. The SMILES string of the molecule is COC(=O)C1CC(=O)N(c2c3c(nc4c2CCC4)CCCC3)C1. The van der Waals surface area contributed by atoms with Crippen LogP contribution in [0.3, 0.4) is 0 Å². The van der Waals surface area contributed by atoms with Crippen LogP contribution in [0.1, 0.15) is 48.2 Å². The minimum atomic E-state index is -0.336. The summed E-state index contributed by atoms with van der Waals surface area (Å²) in [6.07, 6.45) is 7.73. The van der Waals surface area contributed by atoms with Gasteiger partial charge in [-0.3, -0.25) is 14.6 Å². The molecule has 1 amide bonds. The minimum absolute atomic E-state index is 0.0495. The molecule has 5 nitrogen and oxygen atoms in total. The first kappa shape index (κ1) is 14.7. The van der Waals surface area contributed by atoms with Crippen molar-refractivity contribution >= 4 is 17.6 Å². The number of carbonyl (C=O) groups is 2. The number of fused-ring (bicyclic) bond motifs is 2. The third-order valence-corrected chi connectivity index (χ3v) is 5.40. The number of esters is 1. The van der Waals surface area contributed by atoms with Crippen molar-refractivity contribution in [1.29, 1.82) is 0 Å². The molecule has 1 saturated heterocycles. The summed E-state index contributed by atoms with van der Waals surface area (Å²) in [5.41, 5.74) is 5.97. The number of ether oxygens (including phenoxy) is 1. The molecule has 4 rings (SSSR count). The second-order valence-electron chi connectivity index (χ2n) is 6.80. The van der Waals surface area contributed by atoms with E-state index < -0.39 is 0 Å².